The lowest BCUT2D eigenvalue weighted by atomic mass is 9.92. The van der Waals surface area contributed by atoms with E-state index in [-0.39, 0.29) is 18.7 Å². The smallest absolute Gasteiger partial charge is 0.321 e. The molecule has 0 aromatic carbocycles. The molecule has 0 bridgehead atoms. The zero-order valence-electron chi connectivity index (χ0n) is 12.0. The van der Waals surface area contributed by atoms with E-state index >= 15 is 0 Å². The molecule has 0 atom stereocenters. The standard InChI is InChI=1S/C14H20N2O4/c1-4-20-13(19)14(2,3)12(18)15-8-10-16-9-6-5-7-11(16)17/h5-7,9H,4,8,10H2,1-3H3,(H,15,18). The molecule has 0 aliphatic rings. The Morgan fingerprint density at radius 2 is 2.05 bits per heavy atom. The van der Waals surface area contributed by atoms with Gasteiger partial charge in [0, 0.05) is 25.4 Å². The van der Waals surface area contributed by atoms with Gasteiger partial charge in [-0.1, -0.05) is 6.07 Å². The first-order chi connectivity index (χ1) is 9.39. The van der Waals surface area contributed by atoms with Crippen molar-refractivity contribution >= 4 is 11.9 Å². The number of pyridine rings is 1. The lowest BCUT2D eigenvalue weighted by Gasteiger charge is -2.21. The van der Waals surface area contributed by atoms with Crippen LogP contribution in [0.3, 0.4) is 0 Å². The third-order valence-electron chi connectivity index (χ3n) is 2.89. The molecule has 1 aromatic rings. The van der Waals surface area contributed by atoms with E-state index in [0.29, 0.717) is 6.54 Å². The molecule has 0 unspecified atom stereocenters. The molecule has 110 valence electrons. The fourth-order valence-corrected chi connectivity index (χ4v) is 1.56. The minimum atomic E-state index is -1.24. The number of ether oxygens (including phenoxy) is 1. The van der Waals surface area contributed by atoms with Crippen molar-refractivity contribution in [1.82, 2.24) is 9.88 Å². The second-order valence-corrected chi connectivity index (χ2v) is 4.83. The van der Waals surface area contributed by atoms with Crippen LogP contribution in [0.4, 0.5) is 0 Å². The number of carbonyl (C=O) groups excluding carboxylic acids is 2. The van der Waals surface area contributed by atoms with Gasteiger partial charge in [0.1, 0.15) is 5.41 Å². The summed E-state index contributed by atoms with van der Waals surface area (Å²) < 4.78 is 6.34. The van der Waals surface area contributed by atoms with Crippen molar-refractivity contribution in [1.29, 1.82) is 0 Å². The van der Waals surface area contributed by atoms with Crippen LogP contribution in [0, 0.1) is 5.41 Å². The van der Waals surface area contributed by atoms with E-state index in [1.807, 2.05) is 0 Å². The molecule has 1 heterocycles. The van der Waals surface area contributed by atoms with E-state index in [1.165, 1.54) is 24.5 Å². The number of esters is 1. The maximum absolute atomic E-state index is 12.0. The average molecular weight is 280 g/mol. The van der Waals surface area contributed by atoms with E-state index in [0.717, 1.165) is 0 Å². The van der Waals surface area contributed by atoms with E-state index in [4.69, 9.17) is 4.74 Å². The Balaban J connectivity index is 2.53. The van der Waals surface area contributed by atoms with E-state index in [2.05, 4.69) is 5.32 Å². The highest BCUT2D eigenvalue weighted by atomic mass is 16.5. The highest BCUT2D eigenvalue weighted by Crippen LogP contribution is 2.17. The third-order valence-corrected chi connectivity index (χ3v) is 2.89. The number of rotatable bonds is 6. The van der Waals surface area contributed by atoms with Crippen LogP contribution in [0.5, 0.6) is 0 Å². The molecule has 0 spiro atoms. The second-order valence-electron chi connectivity index (χ2n) is 4.83. The highest BCUT2D eigenvalue weighted by molar-refractivity contribution is 6.01. The van der Waals surface area contributed by atoms with Gasteiger partial charge in [0.05, 0.1) is 6.61 Å². The molecule has 6 nitrogen and oxygen atoms in total. The van der Waals surface area contributed by atoms with Gasteiger partial charge in [-0.05, 0) is 26.8 Å². The average Bonchev–Trinajstić information content (AvgIpc) is 2.41. The quantitative estimate of drug-likeness (QED) is 0.610. The van der Waals surface area contributed by atoms with Gasteiger partial charge < -0.3 is 14.6 Å². The van der Waals surface area contributed by atoms with Crippen LogP contribution in [0.2, 0.25) is 0 Å². The first kappa shape index (κ1) is 15.9. The lowest BCUT2D eigenvalue weighted by molar-refractivity contribution is -0.158. The number of amides is 1. The Bertz CT molecular complexity index is 534. The van der Waals surface area contributed by atoms with Gasteiger partial charge >= 0.3 is 5.97 Å². The molecule has 1 amide bonds. The largest absolute Gasteiger partial charge is 0.465 e. The van der Waals surface area contributed by atoms with Gasteiger partial charge in [0.25, 0.3) is 5.56 Å². The summed E-state index contributed by atoms with van der Waals surface area (Å²) in [5.74, 6) is -0.977. The Morgan fingerprint density at radius 3 is 2.65 bits per heavy atom. The summed E-state index contributed by atoms with van der Waals surface area (Å²) in [5.41, 5.74) is -1.37. The predicted molar refractivity (Wildman–Crippen MR) is 74.1 cm³/mol. The topological polar surface area (TPSA) is 77.4 Å². The fourth-order valence-electron chi connectivity index (χ4n) is 1.56. The van der Waals surface area contributed by atoms with Crippen LogP contribution >= 0.6 is 0 Å². The molecule has 1 rings (SSSR count). The summed E-state index contributed by atoms with van der Waals surface area (Å²) in [7, 11) is 0. The molecule has 1 aromatic heterocycles. The van der Waals surface area contributed by atoms with Gasteiger partial charge in [-0.2, -0.15) is 0 Å². The van der Waals surface area contributed by atoms with E-state index in [1.54, 1.807) is 25.3 Å². The summed E-state index contributed by atoms with van der Waals surface area (Å²) in [5, 5.41) is 2.64. The minimum absolute atomic E-state index is 0.133. The van der Waals surface area contributed by atoms with Crippen molar-refractivity contribution in [2.24, 2.45) is 5.41 Å². The van der Waals surface area contributed by atoms with Crippen molar-refractivity contribution in [3.63, 3.8) is 0 Å². The van der Waals surface area contributed by atoms with Crippen molar-refractivity contribution in [2.45, 2.75) is 27.3 Å². The summed E-state index contributed by atoms with van der Waals surface area (Å²) in [4.78, 5) is 35.1. The maximum Gasteiger partial charge on any atom is 0.321 e. The Hall–Kier alpha value is -2.11. The highest BCUT2D eigenvalue weighted by Gasteiger charge is 2.37. The Morgan fingerprint density at radius 1 is 1.35 bits per heavy atom. The van der Waals surface area contributed by atoms with Gasteiger partial charge in [0.15, 0.2) is 0 Å². The molecule has 1 N–H and O–H groups in total. The Labute approximate surface area is 117 Å². The minimum Gasteiger partial charge on any atom is -0.465 e. The SMILES string of the molecule is CCOC(=O)C(C)(C)C(=O)NCCn1ccccc1=O. The number of aromatic nitrogens is 1. The van der Waals surface area contributed by atoms with Crippen LogP contribution in [0.15, 0.2) is 29.2 Å². The Kier molecular flexibility index (Phi) is 5.49. The molecule has 0 saturated carbocycles. The second kappa shape index (κ2) is 6.88. The number of nitrogens with one attached hydrogen (secondary N) is 1. The van der Waals surface area contributed by atoms with Gasteiger partial charge in [0.2, 0.25) is 5.91 Å². The predicted octanol–water partition coefficient (Wildman–Crippen LogP) is 0.554. The molecule has 0 saturated heterocycles. The number of hydrogen-bond acceptors (Lipinski definition) is 4. The van der Waals surface area contributed by atoms with Crippen LogP contribution in [-0.4, -0.2) is 29.6 Å². The van der Waals surface area contributed by atoms with Crippen molar-refractivity contribution in [3.05, 3.63) is 34.7 Å². The normalized spacial score (nSPS) is 10.9. The maximum atomic E-state index is 12.0. The molecule has 0 aliphatic heterocycles. The molecular weight excluding hydrogens is 260 g/mol. The molecule has 0 fully saturated rings. The molecular formula is C14H20N2O4. The molecule has 6 heteroatoms. The van der Waals surface area contributed by atoms with Gasteiger partial charge in [-0.15, -0.1) is 0 Å². The summed E-state index contributed by atoms with van der Waals surface area (Å²) >= 11 is 0. The summed E-state index contributed by atoms with van der Waals surface area (Å²) in [6.45, 7) is 5.56. The van der Waals surface area contributed by atoms with Crippen LogP contribution in [0.1, 0.15) is 20.8 Å². The monoisotopic (exact) mass is 280 g/mol. The lowest BCUT2D eigenvalue weighted by Crippen LogP contribution is -2.44. The number of carbonyl (C=O) groups is 2. The van der Waals surface area contributed by atoms with Gasteiger partial charge in [-0.3, -0.25) is 14.4 Å². The van der Waals surface area contributed by atoms with Crippen molar-refractivity contribution < 1.29 is 14.3 Å². The fraction of sp³-hybridized carbons (Fsp3) is 0.500. The first-order valence-electron chi connectivity index (χ1n) is 6.50. The number of hydrogen-bond donors (Lipinski definition) is 1. The zero-order valence-corrected chi connectivity index (χ0v) is 12.0. The molecule has 20 heavy (non-hydrogen) atoms. The summed E-state index contributed by atoms with van der Waals surface area (Å²) in [6.07, 6.45) is 1.64. The number of nitrogens with zero attached hydrogens (tertiary/aromatic N) is 1. The molecule has 0 radical (unpaired) electrons. The zero-order chi connectivity index (χ0) is 15.2. The van der Waals surface area contributed by atoms with Crippen molar-refractivity contribution in [2.75, 3.05) is 13.2 Å². The summed E-state index contributed by atoms with van der Waals surface area (Å²) in [6, 6.07) is 4.84. The van der Waals surface area contributed by atoms with Crippen LogP contribution < -0.4 is 10.9 Å². The van der Waals surface area contributed by atoms with E-state index < -0.39 is 17.3 Å². The van der Waals surface area contributed by atoms with E-state index in [9.17, 15) is 14.4 Å². The molecule has 0 aliphatic carbocycles. The van der Waals surface area contributed by atoms with Crippen LogP contribution in [0.25, 0.3) is 0 Å². The first-order valence-corrected chi connectivity index (χ1v) is 6.50. The third kappa shape index (κ3) is 3.94. The van der Waals surface area contributed by atoms with Crippen LogP contribution in [-0.2, 0) is 20.9 Å². The van der Waals surface area contributed by atoms with Gasteiger partial charge in [-0.25, -0.2) is 0 Å². The van der Waals surface area contributed by atoms with Crippen molar-refractivity contribution in [3.8, 4) is 0 Å².